The summed E-state index contributed by atoms with van der Waals surface area (Å²) in [5.74, 6) is -0.984. The Morgan fingerprint density at radius 1 is 0.978 bits per heavy atom. The quantitative estimate of drug-likeness (QED) is 0.200. The Morgan fingerprint density at radius 3 is 2.04 bits per heavy atom. The lowest BCUT2D eigenvalue weighted by Gasteiger charge is -2.48. The van der Waals surface area contributed by atoms with E-state index in [1.54, 1.807) is 6.92 Å². The van der Waals surface area contributed by atoms with Crippen molar-refractivity contribution in [3.05, 3.63) is 58.7 Å². The van der Waals surface area contributed by atoms with Gasteiger partial charge in [-0.15, -0.1) is 18.3 Å². The fourth-order valence-electron chi connectivity index (χ4n) is 5.09. The summed E-state index contributed by atoms with van der Waals surface area (Å²) in [5, 5.41) is 22.6. The molecule has 0 aliphatic carbocycles. The van der Waals surface area contributed by atoms with Gasteiger partial charge in [-0.3, -0.25) is 0 Å². The molecule has 0 radical (unpaired) electrons. The minimum atomic E-state index is -5.14. The van der Waals surface area contributed by atoms with Crippen LogP contribution in [0.3, 0.4) is 0 Å². The van der Waals surface area contributed by atoms with Gasteiger partial charge < -0.3 is 19.6 Å². The van der Waals surface area contributed by atoms with Gasteiger partial charge in [-0.1, -0.05) is 46.8 Å². The van der Waals surface area contributed by atoms with E-state index in [9.17, 15) is 44.6 Å². The molecule has 8 nitrogen and oxygen atoms in total. The Morgan fingerprint density at radius 2 is 1.58 bits per heavy atom. The summed E-state index contributed by atoms with van der Waals surface area (Å²) < 4.78 is 123. The summed E-state index contributed by atoms with van der Waals surface area (Å²) in [6.07, 6.45) is -17.1. The number of tetrazole rings is 1. The zero-order valence-electron chi connectivity index (χ0n) is 22.9. The Balaban J connectivity index is 1.94. The first kappa shape index (κ1) is 35.0. The van der Waals surface area contributed by atoms with Crippen molar-refractivity contribution in [2.45, 2.75) is 67.1 Å². The minimum absolute atomic E-state index is 0.0229. The number of aliphatic hydroxyl groups excluding tert-OH is 1. The molecule has 248 valence electrons. The van der Waals surface area contributed by atoms with E-state index in [1.165, 1.54) is 16.8 Å². The van der Waals surface area contributed by atoms with Crippen LogP contribution in [0.25, 0.3) is 0 Å². The summed E-state index contributed by atoms with van der Waals surface area (Å²) in [6, 6.07) is 2.18. The number of benzene rings is 2. The maximum absolute atomic E-state index is 13.7. The zero-order valence-corrected chi connectivity index (χ0v) is 25.2. The molecule has 3 aromatic rings. The van der Waals surface area contributed by atoms with E-state index in [-0.39, 0.29) is 36.1 Å². The molecule has 45 heavy (non-hydrogen) atoms. The van der Waals surface area contributed by atoms with Gasteiger partial charge >= 0.3 is 18.7 Å². The highest BCUT2D eigenvalue weighted by molar-refractivity contribution is 6.68. The van der Waals surface area contributed by atoms with Crippen LogP contribution in [0.15, 0.2) is 36.4 Å². The second kappa shape index (κ2) is 12.4. The molecule has 2 aromatic carbocycles. The standard InChI is InChI=1S/C25H22Cl3F9N6O2/c1-3-15-9-19(17-10-16(45-25(35,36)37)4-5-18(17)43(15)20(44)22(26,27)28)42(21-38-40-41(2)39-21)11-12-6-13(23(29,30)31)8-14(7-12)24(32,33)34/h4-8,10,15,19-20,44H,3,9,11H2,1-2H3/t15-,19+,20?/m1/s1. The van der Waals surface area contributed by atoms with Crippen molar-refractivity contribution in [3.63, 3.8) is 0 Å². The average Bonchev–Trinajstić information content (AvgIpc) is 3.33. The first-order chi connectivity index (χ1) is 20.6. The van der Waals surface area contributed by atoms with E-state index >= 15 is 0 Å². The number of anilines is 2. The fourth-order valence-corrected chi connectivity index (χ4v) is 5.41. The van der Waals surface area contributed by atoms with Crippen LogP contribution < -0.4 is 14.5 Å². The first-order valence-electron chi connectivity index (χ1n) is 12.8. The van der Waals surface area contributed by atoms with E-state index in [2.05, 4.69) is 20.1 Å². The Labute approximate surface area is 264 Å². The van der Waals surface area contributed by atoms with Crippen molar-refractivity contribution in [2.24, 2.45) is 7.05 Å². The van der Waals surface area contributed by atoms with Crippen molar-refractivity contribution in [1.29, 1.82) is 0 Å². The van der Waals surface area contributed by atoms with Gasteiger partial charge in [0.05, 0.1) is 24.2 Å². The van der Waals surface area contributed by atoms with Crippen LogP contribution in [0.2, 0.25) is 0 Å². The van der Waals surface area contributed by atoms with Gasteiger partial charge in [0.15, 0.2) is 6.23 Å². The minimum Gasteiger partial charge on any atom is -0.406 e. The number of fused-ring (bicyclic) bond motifs is 1. The highest BCUT2D eigenvalue weighted by Crippen LogP contribution is 2.48. The summed E-state index contributed by atoms with van der Waals surface area (Å²) in [7, 11) is 1.35. The molecule has 0 saturated carbocycles. The molecule has 0 spiro atoms. The lowest BCUT2D eigenvalue weighted by molar-refractivity contribution is -0.274. The van der Waals surface area contributed by atoms with E-state index < -0.39 is 69.8 Å². The van der Waals surface area contributed by atoms with Gasteiger partial charge in [0.2, 0.25) is 3.79 Å². The maximum atomic E-state index is 13.7. The largest absolute Gasteiger partial charge is 0.573 e. The van der Waals surface area contributed by atoms with Crippen LogP contribution in [0.4, 0.5) is 51.1 Å². The van der Waals surface area contributed by atoms with Crippen molar-refractivity contribution in [1.82, 2.24) is 20.2 Å². The summed E-state index contributed by atoms with van der Waals surface area (Å²) in [6.45, 7) is 0.996. The smallest absolute Gasteiger partial charge is 0.406 e. The Bertz CT molecular complexity index is 1480. The number of nitrogens with zero attached hydrogens (tertiary/aromatic N) is 6. The predicted octanol–water partition coefficient (Wildman–Crippen LogP) is 7.57. The van der Waals surface area contributed by atoms with Gasteiger partial charge in [0.1, 0.15) is 5.75 Å². The fraction of sp³-hybridized carbons (Fsp3) is 0.480. The summed E-state index contributed by atoms with van der Waals surface area (Å²) in [5.41, 5.74) is -3.60. The predicted molar refractivity (Wildman–Crippen MR) is 145 cm³/mol. The zero-order chi connectivity index (χ0) is 33.7. The number of aliphatic hydroxyl groups is 1. The number of hydrogen-bond donors (Lipinski definition) is 1. The first-order valence-corrected chi connectivity index (χ1v) is 13.9. The molecule has 1 aromatic heterocycles. The van der Waals surface area contributed by atoms with Gasteiger partial charge in [-0.05, 0) is 60.0 Å². The van der Waals surface area contributed by atoms with E-state index in [0.717, 1.165) is 23.0 Å². The molecule has 4 rings (SSSR count). The second-order valence-corrected chi connectivity index (χ2v) is 12.4. The number of halogens is 12. The Hall–Kier alpha value is -2.89. The highest BCUT2D eigenvalue weighted by Gasteiger charge is 2.45. The van der Waals surface area contributed by atoms with E-state index in [0.29, 0.717) is 12.1 Å². The normalized spacial score (nSPS) is 18.5. The maximum Gasteiger partial charge on any atom is 0.573 e. The van der Waals surface area contributed by atoms with E-state index in [1.807, 2.05) is 0 Å². The number of aryl methyl sites for hydroxylation is 1. The van der Waals surface area contributed by atoms with Crippen molar-refractivity contribution in [2.75, 3.05) is 9.80 Å². The Kier molecular flexibility index (Phi) is 9.62. The topological polar surface area (TPSA) is 79.5 Å². The molecule has 0 saturated heterocycles. The molecule has 2 heterocycles. The van der Waals surface area contributed by atoms with Crippen LogP contribution in [0.1, 0.15) is 48.1 Å². The summed E-state index contributed by atoms with van der Waals surface area (Å²) in [4.78, 5) is 3.42. The second-order valence-electron chi connectivity index (χ2n) is 10.0. The van der Waals surface area contributed by atoms with E-state index in [4.69, 9.17) is 34.8 Å². The molecule has 0 bridgehead atoms. The van der Waals surface area contributed by atoms with Crippen molar-refractivity contribution >= 4 is 46.4 Å². The van der Waals surface area contributed by atoms with Gasteiger partial charge in [-0.25, -0.2) is 0 Å². The number of rotatable bonds is 7. The van der Waals surface area contributed by atoms with Gasteiger partial charge in [-0.2, -0.15) is 31.1 Å². The molecule has 1 aliphatic heterocycles. The molecule has 0 fully saturated rings. The molecule has 1 aliphatic rings. The summed E-state index contributed by atoms with van der Waals surface area (Å²) >= 11 is 17.9. The molecule has 20 heteroatoms. The van der Waals surface area contributed by atoms with Crippen LogP contribution in [-0.4, -0.2) is 47.7 Å². The lowest BCUT2D eigenvalue weighted by Crippen LogP contribution is -2.54. The SMILES string of the molecule is CC[C@@H]1C[C@H](N(Cc2cc(C(F)(F)F)cc(C(F)(F)F)c2)c2nnn(C)n2)c2cc(OC(F)(F)F)ccc2N1C(O)C(Cl)(Cl)Cl. The average molecular weight is 716 g/mol. The van der Waals surface area contributed by atoms with Crippen molar-refractivity contribution in [3.8, 4) is 5.75 Å². The molecular formula is C25H22Cl3F9N6O2. The molecule has 1 unspecified atom stereocenters. The van der Waals surface area contributed by atoms with Crippen LogP contribution in [0.5, 0.6) is 5.75 Å². The number of alkyl halides is 12. The number of hydrogen-bond acceptors (Lipinski definition) is 7. The van der Waals surface area contributed by atoms with Gasteiger partial charge in [0.25, 0.3) is 5.95 Å². The number of ether oxygens (including phenoxy) is 1. The molecule has 3 atom stereocenters. The van der Waals surface area contributed by atoms with Crippen LogP contribution >= 0.6 is 34.8 Å². The van der Waals surface area contributed by atoms with Gasteiger partial charge in [0, 0.05) is 23.8 Å². The third-order valence-corrected chi connectivity index (χ3v) is 7.50. The molecule has 0 amide bonds. The monoisotopic (exact) mass is 714 g/mol. The highest BCUT2D eigenvalue weighted by atomic mass is 35.6. The molecule has 1 N–H and O–H groups in total. The van der Waals surface area contributed by atoms with Crippen LogP contribution in [-0.2, 0) is 25.9 Å². The number of aromatic nitrogens is 4. The molecular weight excluding hydrogens is 694 g/mol. The van der Waals surface area contributed by atoms with Crippen molar-refractivity contribution < 1.29 is 49.4 Å². The third-order valence-electron chi connectivity index (χ3n) is 6.92. The third kappa shape index (κ3) is 8.10. The lowest BCUT2D eigenvalue weighted by atomic mass is 9.88. The van der Waals surface area contributed by atoms with Crippen LogP contribution in [0, 0.1) is 0 Å².